The highest BCUT2D eigenvalue weighted by Crippen LogP contribution is 2.24. The monoisotopic (exact) mass is 452 g/mol. The van der Waals surface area contributed by atoms with Crippen molar-refractivity contribution < 1.29 is 18.8 Å². The minimum atomic E-state index is -0.558. The van der Waals surface area contributed by atoms with E-state index in [1.807, 2.05) is 26.0 Å². The molecule has 0 bridgehead atoms. The molecular weight excluding hydrogens is 432 g/mol. The quantitative estimate of drug-likeness (QED) is 0.357. The number of carbonyl (C=O) groups excluding carboxylic acids is 1. The Morgan fingerprint density at radius 1 is 1.12 bits per heavy atom. The van der Waals surface area contributed by atoms with Gasteiger partial charge in [-0.1, -0.05) is 28.9 Å². The molecule has 0 aliphatic rings. The fourth-order valence-electron chi connectivity index (χ4n) is 3.13. The van der Waals surface area contributed by atoms with Crippen LogP contribution in [-0.4, -0.2) is 25.9 Å². The molecule has 0 amide bonds. The molecule has 0 saturated carbocycles. The standard InChI is InChI=1S/C23H21ClN4O4/c1-15-21(16(2)32-27-15)12-30-20-9-5-18(6-10-20)23(29)31-22(11-28-14-25-13-26-28)17-3-7-19(24)8-4-17/h3-10,13-14,22H,11-12H2,1-2H3. The first-order valence-corrected chi connectivity index (χ1v) is 10.3. The van der Waals surface area contributed by atoms with Gasteiger partial charge in [0, 0.05) is 5.02 Å². The lowest BCUT2D eigenvalue weighted by Gasteiger charge is -2.18. The maximum atomic E-state index is 12.8. The number of esters is 1. The smallest absolute Gasteiger partial charge is 0.338 e. The molecule has 2 aromatic carbocycles. The zero-order valence-corrected chi connectivity index (χ0v) is 18.3. The average Bonchev–Trinajstić information content (AvgIpc) is 3.42. The third kappa shape index (κ3) is 5.15. The van der Waals surface area contributed by atoms with E-state index < -0.39 is 12.1 Å². The van der Waals surface area contributed by atoms with Crippen LogP contribution in [-0.2, 0) is 17.9 Å². The van der Waals surface area contributed by atoms with Crippen LogP contribution < -0.4 is 4.74 Å². The van der Waals surface area contributed by atoms with Crippen molar-refractivity contribution >= 4 is 17.6 Å². The Morgan fingerprint density at radius 2 is 1.88 bits per heavy atom. The van der Waals surface area contributed by atoms with Gasteiger partial charge in [0.25, 0.3) is 0 Å². The third-order valence-corrected chi connectivity index (χ3v) is 5.22. The van der Waals surface area contributed by atoms with Crippen molar-refractivity contribution in [3.8, 4) is 5.75 Å². The molecule has 164 valence electrons. The Bertz CT molecular complexity index is 1150. The molecule has 4 aromatic rings. The summed E-state index contributed by atoms with van der Waals surface area (Å²) in [5.41, 5.74) is 2.92. The van der Waals surface area contributed by atoms with Gasteiger partial charge in [0.2, 0.25) is 0 Å². The molecule has 2 aromatic heterocycles. The van der Waals surface area contributed by atoms with E-state index in [-0.39, 0.29) is 0 Å². The van der Waals surface area contributed by atoms with E-state index in [2.05, 4.69) is 15.2 Å². The molecule has 32 heavy (non-hydrogen) atoms. The van der Waals surface area contributed by atoms with E-state index in [1.54, 1.807) is 47.4 Å². The van der Waals surface area contributed by atoms with Crippen molar-refractivity contribution in [1.29, 1.82) is 0 Å². The van der Waals surface area contributed by atoms with Crippen molar-refractivity contribution in [3.05, 3.63) is 94.4 Å². The minimum Gasteiger partial charge on any atom is -0.489 e. The predicted molar refractivity (Wildman–Crippen MR) is 116 cm³/mol. The lowest BCUT2D eigenvalue weighted by atomic mass is 10.1. The van der Waals surface area contributed by atoms with Gasteiger partial charge in [0.1, 0.15) is 36.9 Å². The summed E-state index contributed by atoms with van der Waals surface area (Å²) in [5, 5.41) is 8.62. The molecule has 0 N–H and O–H groups in total. The molecule has 0 saturated heterocycles. The predicted octanol–water partition coefficient (Wildman–Crippen LogP) is 4.71. The summed E-state index contributed by atoms with van der Waals surface area (Å²) in [5.74, 6) is 0.893. The number of aromatic nitrogens is 4. The number of aryl methyl sites for hydroxylation is 2. The van der Waals surface area contributed by atoms with E-state index in [1.165, 1.54) is 6.33 Å². The zero-order valence-electron chi connectivity index (χ0n) is 17.6. The van der Waals surface area contributed by atoms with Gasteiger partial charge in [0.15, 0.2) is 0 Å². The first kappa shape index (κ1) is 21.6. The number of rotatable bonds is 8. The van der Waals surface area contributed by atoms with Crippen LogP contribution in [0.25, 0.3) is 0 Å². The van der Waals surface area contributed by atoms with Gasteiger partial charge in [-0.15, -0.1) is 0 Å². The second-order valence-electron chi connectivity index (χ2n) is 7.18. The SMILES string of the molecule is Cc1noc(C)c1COc1ccc(C(=O)OC(Cn2cncn2)c2ccc(Cl)cc2)cc1. The summed E-state index contributed by atoms with van der Waals surface area (Å²) in [6.45, 7) is 4.37. The van der Waals surface area contributed by atoms with E-state index in [4.69, 9.17) is 25.6 Å². The summed E-state index contributed by atoms with van der Waals surface area (Å²) in [6, 6.07) is 13.9. The summed E-state index contributed by atoms with van der Waals surface area (Å²) in [4.78, 5) is 16.8. The molecule has 2 heterocycles. The van der Waals surface area contributed by atoms with Crippen LogP contribution in [0.4, 0.5) is 0 Å². The molecule has 0 fully saturated rings. The second-order valence-corrected chi connectivity index (χ2v) is 7.62. The van der Waals surface area contributed by atoms with Crippen LogP contribution in [0.1, 0.15) is 39.0 Å². The first-order valence-electron chi connectivity index (χ1n) is 9.93. The lowest BCUT2D eigenvalue weighted by Crippen LogP contribution is -2.17. The number of hydrogen-bond donors (Lipinski definition) is 0. The Balaban J connectivity index is 1.44. The van der Waals surface area contributed by atoms with Gasteiger partial charge in [0.05, 0.1) is 23.4 Å². The van der Waals surface area contributed by atoms with Gasteiger partial charge < -0.3 is 14.0 Å². The third-order valence-electron chi connectivity index (χ3n) is 4.96. The van der Waals surface area contributed by atoms with Crippen LogP contribution in [0.5, 0.6) is 5.75 Å². The van der Waals surface area contributed by atoms with Crippen LogP contribution in [0.15, 0.2) is 65.7 Å². The Labute approximate surface area is 189 Å². The summed E-state index contributed by atoms with van der Waals surface area (Å²) < 4.78 is 18.3. The first-order chi connectivity index (χ1) is 15.5. The molecular formula is C23H21ClN4O4. The van der Waals surface area contributed by atoms with Crippen LogP contribution in [0.3, 0.4) is 0 Å². The number of ether oxygens (including phenoxy) is 2. The van der Waals surface area contributed by atoms with Crippen LogP contribution in [0.2, 0.25) is 5.02 Å². The molecule has 8 nitrogen and oxygen atoms in total. The molecule has 0 radical (unpaired) electrons. The molecule has 4 rings (SSSR count). The highest BCUT2D eigenvalue weighted by Gasteiger charge is 2.19. The van der Waals surface area contributed by atoms with Gasteiger partial charge >= 0.3 is 5.97 Å². The maximum absolute atomic E-state index is 12.8. The highest BCUT2D eigenvalue weighted by molar-refractivity contribution is 6.30. The molecule has 1 unspecified atom stereocenters. The number of carbonyl (C=O) groups is 1. The van der Waals surface area contributed by atoms with E-state index in [0.717, 1.165) is 22.6 Å². The fraction of sp³-hybridized carbons (Fsp3) is 0.217. The lowest BCUT2D eigenvalue weighted by molar-refractivity contribution is 0.0246. The van der Waals surface area contributed by atoms with Crippen LogP contribution in [0, 0.1) is 13.8 Å². The number of nitrogens with zero attached hydrogens (tertiary/aromatic N) is 4. The second kappa shape index (κ2) is 9.65. The van der Waals surface area contributed by atoms with E-state index >= 15 is 0 Å². The Kier molecular flexibility index (Phi) is 6.51. The normalized spacial score (nSPS) is 11.8. The van der Waals surface area contributed by atoms with Gasteiger partial charge in [-0.25, -0.2) is 14.5 Å². The average molecular weight is 453 g/mol. The maximum Gasteiger partial charge on any atom is 0.338 e. The van der Waals surface area contributed by atoms with Gasteiger partial charge in [-0.2, -0.15) is 5.10 Å². The summed E-state index contributed by atoms with van der Waals surface area (Å²) in [6.07, 6.45) is 2.45. The zero-order chi connectivity index (χ0) is 22.5. The summed E-state index contributed by atoms with van der Waals surface area (Å²) >= 11 is 6.00. The molecule has 0 spiro atoms. The topological polar surface area (TPSA) is 92.3 Å². The largest absolute Gasteiger partial charge is 0.489 e. The van der Waals surface area contributed by atoms with Gasteiger partial charge in [-0.3, -0.25) is 0 Å². The van der Waals surface area contributed by atoms with E-state index in [9.17, 15) is 4.79 Å². The number of benzene rings is 2. The number of halogens is 1. The molecule has 0 aliphatic heterocycles. The van der Waals surface area contributed by atoms with Gasteiger partial charge in [-0.05, 0) is 55.8 Å². The fourth-order valence-corrected chi connectivity index (χ4v) is 3.26. The minimum absolute atomic E-state index is 0.325. The van der Waals surface area contributed by atoms with Crippen molar-refractivity contribution in [2.24, 2.45) is 0 Å². The van der Waals surface area contributed by atoms with E-state index in [0.29, 0.717) is 29.5 Å². The van der Waals surface area contributed by atoms with Crippen molar-refractivity contribution in [2.45, 2.75) is 33.1 Å². The van der Waals surface area contributed by atoms with Crippen molar-refractivity contribution in [3.63, 3.8) is 0 Å². The van der Waals surface area contributed by atoms with Crippen LogP contribution >= 0.6 is 11.6 Å². The molecule has 0 aliphatic carbocycles. The molecule has 1 atom stereocenters. The Hall–Kier alpha value is -3.65. The highest BCUT2D eigenvalue weighted by atomic mass is 35.5. The van der Waals surface area contributed by atoms with Crippen molar-refractivity contribution in [2.75, 3.05) is 0 Å². The molecule has 9 heteroatoms. The van der Waals surface area contributed by atoms with Crippen molar-refractivity contribution in [1.82, 2.24) is 19.9 Å². The Morgan fingerprint density at radius 3 is 2.50 bits per heavy atom. The number of hydrogen-bond acceptors (Lipinski definition) is 7. The summed E-state index contributed by atoms with van der Waals surface area (Å²) in [7, 11) is 0.